The molecule has 2 amide bonds. The van der Waals surface area contributed by atoms with Crippen molar-refractivity contribution in [1.82, 2.24) is 4.90 Å². The summed E-state index contributed by atoms with van der Waals surface area (Å²) in [5.74, 6) is -0.570. The molecule has 4 aromatic carbocycles. The van der Waals surface area contributed by atoms with Crippen molar-refractivity contribution in [2.75, 3.05) is 51.6 Å². The number of amides is 2. The van der Waals surface area contributed by atoms with E-state index in [0.29, 0.717) is 58.5 Å². The molecule has 0 spiro atoms. The number of fused-ring (bicyclic) bond motifs is 1. The Morgan fingerprint density at radius 3 is 2.26 bits per heavy atom. The summed E-state index contributed by atoms with van der Waals surface area (Å²) in [5.41, 5.74) is 4.20. The Labute approximate surface area is 250 Å². The van der Waals surface area contributed by atoms with Crippen LogP contribution in [-0.4, -0.2) is 63.8 Å². The minimum Gasteiger partial charge on any atom is -0.493 e. The predicted molar refractivity (Wildman–Crippen MR) is 167 cm³/mol. The number of ether oxygens (including phenoxy) is 2. The summed E-state index contributed by atoms with van der Waals surface area (Å²) in [7, 11) is 6.99. The summed E-state index contributed by atoms with van der Waals surface area (Å²) in [6, 6.07) is 26.2. The second kappa shape index (κ2) is 12.9. The molecule has 0 radical (unpaired) electrons. The molecule has 1 aliphatic rings. The smallest absolute Gasteiger partial charge is 0.258 e. The van der Waals surface area contributed by atoms with Crippen molar-refractivity contribution in [1.29, 1.82) is 0 Å². The van der Waals surface area contributed by atoms with Crippen molar-refractivity contribution < 1.29 is 23.5 Å². The van der Waals surface area contributed by atoms with E-state index in [1.807, 2.05) is 73.6 Å². The highest BCUT2D eigenvalue weighted by atomic mass is 19.1. The second-order valence-electron chi connectivity index (χ2n) is 10.4. The molecule has 9 heteroatoms. The van der Waals surface area contributed by atoms with Crippen LogP contribution < -0.4 is 19.7 Å². The molecule has 4 aromatic rings. The Morgan fingerprint density at radius 1 is 0.860 bits per heavy atom. The third-order valence-corrected chi connectivity index (χ3v) is 7.25. The van der Waals surface area contributed by atoms with E-state index in [0.717, 1.165) is 5.56 Å². The van der Waals surface area contributed by atoms with E-state index in [-0.39, 0.29) is 11.8 Å². The van der Waals surface area contributed by atoms with Crippen LogP contribution in [0.3, 0.4) is 0 Å². The van der Waals surface area contributed by atoms with Crippen molar-refractivity contribution in [3.8, 4) is 11.5 Å². The molecule has 1 atom stereocenters. The number of benzene rings is 4. The van der Waals surface area contributed by atoms with Crippen LogP contribution in [0.1, 0.15) is 27.4 Å². The van der Waals surface area contributed by atoms with Crippen LogP contribution in [0.25, 0.3) is 0 Å². The fraction of sp³-hybridized carbons (Fsp3) is 0.206. The Kier molecular flexibility index (Phi) is 8.82. The lowest BCUT2D eigenvalue weighted by Crippen LogP contribution is -2.36. The largest absolute Gasteiger partial charge is 0.493 e. The van der Waals surface area contributed by atoms with Crippen molar-refractivity contribution >= 4 is 34.6 Å². The second-order valence-corrected chi connectivity index (χ2v) is 10.4. The van der Waals surface area contributed by atoms with Crippen LogP contribution in [0.5, 0.6) is 11.5 Å². The first-order valence-corrected chi connectivity index (χ1v) is 13.8. The van der Waals surface area contributed by atoms with Gasteiger partial charge in [0, 0.05) is 30.0 Å². The maximum Gasteiger partial charge on any atom is 0.258 e. The molecule has 1 unspecified atom stereocenters. The molecule has 0 aromatic heterocycles. The van der Waals surface area contributed by atoms with Gasteiger partial charge in [0.05, 0.1) is 25.6 Å². The first-order valence-electron chi connectivity index (χ1n) is 13.8. The Bertz CT molecular complexity index is 1660. The maximum atomic E-state index is 13.9. The van der Waals surface area contributed by atoms with E-state index in [2.05, 4.69) is 5.32 Å². The molecule has 5 rings (SSSR count). The number of aliphatic imine (C=N–C) groups is 1. The van der Waals surface area contributed by atoms with E-state index in [1.165, 1.54) is 19.2 Å². The van der Waals surface area contributed by atoms with Gasteiger partial charge in [0.2, 0.25) is 5.91 Å². The van der Waals surface area contributed by atoms with Crippen LogP contribution in [0.4, 0.5) is 21.5 Å². The molecule has 43 heavy (non-hydrogen) atoms. The van der Waals surface area contributed by atoms with Gasteiger partial charge in [-0.25, -0.2) is 4.39 Å². The third kappa shape index (κ3) is 6.42. The number of hydrogen-bond acceptors (Lipinski definition) is 6. The highest BCUT2D eigenvalue weighted by Gasteiger charge is 2.35. The molecule has 0 bridgehead atoms. The minimum absolute atomic E-state index is 0.185. The van der Waals surface area contributed by atoms with E-state index in [9.17, 15) is 14.0 Å². The number of rotatable bonds is 10. The summed E-state index contributed by atoms with van der Waals surface area (Å²) in [4.78, 5) is 35.5. The molecule has 8 nitrogen and oxygen atoms in total. The first-order chi connectivity index (χ1) is 20.8. The van der Waals surface area contributed by atoms with Crippen LogP contribution in [-0.2, 0) is 4.79 Å². The topological polar surface area (TPSA) is 83.5 Å². The quantitative estimate of drug-likeness (QED) is 0.236. The summed E-state index contributed by atoms with van der Waals surface area (Å²) in [6.07, 6.45) is 0. The SMILES string of the molecule is COc1ccc(C(=O)N(CCN(C)C)c2ccc(N=C(c3ccccc3)C3C(=O)Nc4cc(F)ccc43)cc2)cc1OC. The monoisotopic (exact) mass is 580 g/mol. The van der Waals surface area contributed by atoms with Crippen LogP contribution >= 0.6 is 0 Å². The van der Waals surface area contributed by atoms with Gasteiger partial charge in [-0.15, -0.1) is 0 Å². The number of nitrogens with one attached hydrogen (secondary N) is 1. The lowest BCUT2D eigenvalue weighted by molar-refractivity contribution is -0.115. The van der Waals surface area contributed by atoms with Gasteiger partial charge in [-0.3, -0.25) is 14.6 Å². The average molecular weight is 581 g/mol. The molecule has 0 saturated carbocycles. The number of likely N-dealkylation sites (N-methyl/N-ethyl adjacent to an activating group) is 1. The Morgan fingerprint density at radius 2 is 1.58 bits per heavy atom. The molecule has 0 saturated heterocycles. The molecule has 1 N–H and O–H groups in total. The van der Waals surface area contributed by atoms with E-state index in [1.54, 1.807) is 36.3 Å². The number of methoxy groups -OCH3 is 2. The minimum atomic E-state index is -0.708. The van der Waals surface area contributed by atoms with Gasteiger partial charge in [0.15, 0.2) is 11.5 Å². The van der Waals surface area contributed by atoms with Gasteiger partial charge in [-0.05, 0) is 79.8 Å². The van der Waals surface area contributed by atoms with Crippen LogP contribution in [0.15, 0.2) is 96.0 Å². The number of halogens is 1. The number of carbonyl (C=O) groups is 2. The highest BCUT2D eigenvalue weighted by Crippen LogP contribution is 2.37. The summed E-state index contributed by atoms with van der Waals surface area (Å²) in [6.45, 7) is 1.10. The van der Waals surface area contributed by atoms with Gasteiger partial charge in [-0.1, -0.05) is 36.4 Å². The van der Waals surface area contributed by atoms with Crippen molar-refractivity contribution in [3.63, 3.8) is 0 Å². The zero-order valence-corrected chi connectivity index (χ0v) is 24.5. The molecule has 0 aliphatic carbocycles. The van der Waals surface area contributed by atoms with Crippen LogP contribution in [0, 0.1) is 5.82 Å². The van der Waals surface area contributed by atoms with Gasteiger partial charge >= 0.3 is 0 Å². The summed E-state index contributed by atoms with van der Waals surface area (Å²) in [5, 5.41) is 2.79. The van der Waals surface area contributed by atoms with E-state index < -0.39 is 11.7 Å². The number of hydrogen-bond donors (Lipinski definition) is 1. The zero-order valence-electron chi connectivity index (χ0n) is 24.5. The lowest BCUT2D eigenvalue weighted by atomic mass is 9.90. The van der Waals surface area contributed by atoms with E-state index >= 15 is 0 Å². The lowest BCUT2D eigenvalue weighted by Gasteiger charge is -2.25. The molecule has 0 fully saturated rings. The molecular weight excluding hydrogens is 547 g/mol. The first kappa shape index (κ1) is 29.5. The van der Waals surface area contributed by atoms with Crippen molar-refractivity contribution in [2.24, 2.45) is 4.99 Å². The molecule has 220 valence electrons. The summed E-state index contributed by atoms with van der Waals surface area (Å²) < 4.78 is 24.6. The zero-order chi connectivity index (χ0) is 30.5. The summed E-state index contributed by atoms with van der Waals surface area (Å²) >= 11 is 0. The normalized spacial score (nSPS) is 14.3. The molecule has 1 aliphatic heterocycles. The number of carbonyl (C=O) groups excluding carboxylic acids is 2. The fourth-order valence-corrected chi connectivity index (χ4v) is 5.03. The van der Waals surface area contributed by atoms with Crippen molar-refractivity contribution in [3.05, 3.63) is 114 Å². The predicted octanol–water partition coefficient (Wildman–Crippen LogP) is 5.91. The number of anilines is 2. The Hall–Kier alpha value is -5.02. The van der Waals surface area contributed by atoms with Crippen LogP contribution in [0.2, 0.25) is 0 Å². The average Bonchev–Trinajstić information content (AvgIpc) is 3.34. The Balaban J connectivity index is 1.50. The molecular formula is C34H33FN4O4. The third-order valence-electron chi connectivity index (χ3n) is 7.25. The van der Waals surface area contributed by atoms with E-state index in [4.69, 9.17) is 14.5 Å². The standard InChI is InChI=1S/C34H33FN4O4/c1-38(2)18-19-39(34(41)23-10-17-29(42-3)30(20-23)43-4)26-14-12-25(13-15-26)36-32(22-8-6-5-7-9-22)31-27-16-11-24(35)21-28(27)37-33(31)40/h5-17,20-21,31H,18-19H2,1-4H3,(H,37,40). The number of nitrogens with zero attached hydrogens (tertiary/aromatic N) is 3. The highest BCUT2D eigenvalue weighted by molar-refractivity contribution is 6.24. The van der Waals surface area contributed by atoms with Crippen molar-refractivity contribution in [2.45, 2.75) is 5.92 Å². The van der Waals surface area contributed by atoms with Gasteiger partial charge < -0.3 is 24.6 Å². The van der Waals surface area contributed by atoms with Gasteiger partial charge in [0.1, 0.15) is 11.7 Å². The van der Waals surface area contributed by atoms with Gasteiger partial charge in [-0.2, -0.15) is 0 Å². The van der Waals surface area contributed by atoms with Gasteiger partial charge in [0.25, 0.3) is 5.91 Å². The molecule has 1 heterocycles. The fourth-order valence-electron chi connectivity index (χ4n) is 5.03. The maximum absolute atomic E-state index is 13.9.